The maximum absolute atomic E-state index is 12.9. The molecule has 0 bridgehead atoms. The first-order chi connectivity index (χ1) is 15.5. The Morgan fingerprint density at radius 3 is 2.38 bits per heavy atom. The van der Waals surface area contributed by atoms with Gasteiger partial charge in [0.2, 0.25) is 0 Å². The van der Waals surface area contributed by atoms with E-state index in [-0.39, 0.29) is 11.6 Å². The number of ether oxygens (including phenoxy) is 1. The number of para-hydroxylation sites is 2. The van der Waals surface area contributed by atoms with Crippen LogP contribution in [0.5, 0.6) is 5.75 Å². The topological polar surface area (TPSA) is 85.3 Å². The van der Waals surface area contributed by atoms with E-state index in [4.69, 9.17) is 4.74 Å². The Kier molecular flexibility index (Phi) is 5.98. The second kappa shape index (κ2) is 9.18. The molecular formula is C25H22N4O3. The van der Waals surface area contributed by atoms with Crippen LogP contribution in [-0.2, 0) is 0 Å². The number of carbonyl (C=O) groups is 2. The number of nitrogens with zero attached hydrogens (tertiary/aromatic N) is 2. The lowest BCUT2D eigenvalue weighted by Crippen LogP contribution is -2.18. The number of hydrogen-bond donors (Lipinski definition) is 2. The Morgan fingerprint density at radius 1 is 0.844 bits per heavy atom. The summed E-state index contributed by atoms with van der Waals surface area (Å²) in [5.74, 6) is -0.113. The van der Waals surface area contributed by atoms with Crippen LogP contribution in [0.15, 0.2) is 84.9 Å². The summed E-state index contributed by atoms with van der Waals surface area (Å²) in [6.07, 6.45) is 0. The summed E-state index contributed by atoms with van der Waals surface area (Å²) in [6.45, 7) is 1.88. The number of aryl methyl sites for hydroxylation is 1. The highest BCUT2D eigenvalue weighted by atomic mass is 16.5. The van der Waals surface area contributed by atoms with Crippen molar-refractivity contribution in [1.82, 2.24) is 9.78 Å². The van der Waals surface area contributed by atoms with E-state index in [2.05, 4.69) is 15.7 Å². The molecule has 0 spiro atoms. The highest BCUT2D eigenvalue weighted by molar-refractivity contribution is 6.12. The molecule has 1 heterocycles. The monoisotopic (exact) mass is 426 g/mol. The van der Waals surface area contributed by atoms with Gasteiger partial charge in [-0.25, -0.2) is 4.68 Å². The van der Waals surface area contributed by atoms with Crippen LogP contribution in [0.4, 0.5) is 11.4 Å². The van der Waals surface area contributed by atoms with Crippen LogP contribution in [0.2, 0.25) is 0 Å². The molecule has 0 atom stereocenters. The maximum atomic E-state index is 12.9. The number of hydrogen-bond acceptors (Lipinski definition) is 4. The molecule has 0 unspecified atom stereocenters. The third-order valence-corrected chi connectivity index (χ3v) is 4.87. The molecule has 4 rings (SSSR count). The van der Waals surface area contributed by atoms with Gasteiger partial charge in [0.25, 0.3) is 11.8 Å². The van der Waals surface area contributed by atoms with Gasteiger partial charge in [-0.3, -0.25) is 9.59 Å². The third kappa shape index (κ3) is 4.52. The van der Waals surface area contributed by atoms with Gasteiger partial charge >= 0.3 is 0 Å². The minimum Gasteiger partial charge on any atom is -0.497 e. The molecule has 0 aliphatic rings. The Hall–Kier alpha value is -4.39. The molecule has 1 aromatic heterocycles. The van der Waals surface area contributed by atoms with E-state index in [9.17, 15) is 9.59 Å². The summed E-state index contributed by atoms with van der Waals surface area (Å²) in [5.41, 5.74) is 3.27. The molecule has 4 aromatic rings. The van der Waals surface area contributed by atoms with E-state index in [1.165, 1.54) is 0 Å². The van der Waals surface area contributed by atoms with Gasteiger partial charge in [-0.1, -0.05) is 36.4 Å². The van der Waals surface area contributed by atoms with Crippen molar-refractivity contribution in [2.24, 2.45) is 0 Å². The van der Waals surface area contributed by atoms with Crippen LogP contribution in [0, 0.1) is 6.92 Å². The Labute approximate surface area is 185 Å². The fourth-order valence-corrected chi connectivity index (χ4v) is 3.29. The molecule has 0 aliphatic heterocycles. The second-order valence-electron chi connectivity index (χ2n) is 7.10. The van der Waals surface area contributed by atoms with Gasteiger partial charge in [0.1, 0.15) is 5.75 Å². The number of nitrogens with one attached hydrogen (secondary N) is 2. The first-order valence-corrected chi connectivity index (χ1v) is 10.0. The number of rotatable bonds is 6. The van der Waals surface area contributed by atoms with Gasteiger partial charge < -0.3 is 15.4 Å². The largest absolute Gasteiger partial charge is 0.497 e. The zero-order chi connectivity index (χ0) is 22.5. The smallest absolute Gasteiger partial charge is 0.276 e. The molecule has 0 saturated heterocycles. The zero-order valence-corrected chi connectivity index (χ0v) is 17.7. The average molecular weight is 426 g/mol. The van der Waals surface area contributed by atoms with Crippen LogP contribution >= 0.6 is 0 Å². The molecule has 7 heteroatoms. The molecule has 2 N–H and O–H groups in total. The first-order valence-electron chi connectivity index (χ1n) is 10.0. The van der Waals surface area contributed by atoms with Crippen molar-refractivity contribution in [1.29, 1.82) is 0 Å². The van der Waals surface area contributed by atoms with Crippen molar-refractivity contribution < 1.29 is 14.3 Å². The van der Waals surface area contributed by atoms with E-state index in [0.717, 1.165) is 11.4 Å². The first kappa shape index (κ1) is 20.9. The molecular weight excluding hydrogens is 404 g/mol. The predicted octanol–water partition coefficient (Wildman–Crippen LogP) is 4.69. The lowest BCUT2D eigenvalue weighted by Gasteiger charge is -2.11. The highest BCUT2D eigenvalue weighted by Gasteiger charge is 2.17. The van der Waals surface area contributed by atoms with Crippen molar-refractivity contribution in [3.63, 3.8) is 0 Å². The molecule has 2 amide bonds. The summed E-state index contributed by atoms with van der Waals surface area (Å²) >= 11 is 0. The number of aromatic nitrogens is 2. The average Bonchev–Trinajstić information content (AvgIpc) is 3.22. The van der Waals surface area contributed by atoms with Crippen LogP contribution in [0.1, 0.15) is 26.5 Å². The summed E-state index contributed by atoms with van der Waals surface area (Å²) < 4.78 is 6.90. The van der Waals surface area contributed by atoms with Gasteiger partial charge in [0.15, 0.2) is 5.69 Å². The molecule has 7 nitrogen and oxygen atoms in total. The van der Waals surface area contributed by atoms with Crippen molar-refractivity contribution >= 4 is 23.2 Å². The van der Waals surface area contributed by atoms with Crippen LogP contribution in [-0.4, -0.2) is 28.7 Å². The minimum absolute atomic E-state index is 0.259. The summed E-state index contributed by atoms with van der Waals surface area (Å²) in [5, 5.41) is 10.1. The summed E-state index contributed by atoms with van der Waals surface area (Å²) in [4.78, 5) is 25.8. The standard InChI is InChI=1S/C25H22N4O3/c1-17-15-23(28-29(17)19-10-4-3-5-11-19)25(31)27-22-14-7-6-13-21(22)24(30)26-18-9-8-12-20(16-18)32-2/h3-16H,1-2H3,(H,26,30)(H,27,31). The van der Waals surface area contributed by atoms with Crippen LogP contribution < -0.4 is 15.4 Å². The molecule has 32 heavy (non-hydrogen) atoms. The predicted molar refractivity (Wildman–Crippen MR) is 124 cm³/mol. The number of amides is 2. The van der Waals surface area contributed by atoms with Crippen molar-refractivity contribution in [2.45, 2.75) is 6.92 Å². The molecule has 0 fully saturated rings. The van der Waals surface area contributed by atoms with Gasteiger partial charge in [-0.15, -0.1) is 0 Å². The van der Waals surface area contributed by atoms with Crippen LogP contribution in [0.25, 0.3) is 5.69 Å². The van der Waals surface area contributed by atoms with E-state index >= 15 is 0 Å². The summed E-state index contributed by atoms with van der Waals surface area (Å²) in [7, 11) is 1.56. The van der Waals surface area contributed by atoms with Crippen molar-refractivity contribution in [3.8, 4) is 11.4 Å². The molecule has 0 aliphatic carbocycles. The van der Waals surface area contributed by atoms with Gasteiger partial charge in [-0.2, -0.15) is 5.10 Å². The minimum atomic E-state index is -0.399. The van der Waals surface area contributed by atoms with Crippen molar-refractivity contribution in [2.75, 3.05) is 17.7 Å². The van der Waals surface area contributed by atoms with E-state index in [1.54, 1.807) is 66.4 Å². The normalized spacial score (nSPS) is 10.4. The molecule has 0 radical (unpaired) electrons. The quantitative estimate of drug-likeness (QED) is 0.468. The molecule has 0 saturated carbocycles. The third-order valence-electron chi connectivity index (χ3n) is 4.87. The Bertz CT molecular complexity index is 1270. The Balaban J connectivity index is 1.54. The lowest BCUT2D eigenvalue weighted by molar-refractivity contribution is 0.102. The van der Waals surface area contributed by atoms with E-state index in [0.29, 0.717) is 22.7 Å². The fourth-order valence-electron chi connectivity index (χ4n) is 3.29. The van der Waals surface area contributed by atoms with Crippen LogP contribution in [0.3, 0.4) is 0 Å². The number of methoxy groups -OCH3 is 1. The fraction of sp³-hybridized carbons (Fsp3) is 0.0800. The van der Waals surface area contributed by atoms with Gasteiger partial charge in [0, 0.05) is 17.4 Å². The zero-order valence-electron chi connectivity index (χ0n) is 17.7. The van der Waals surface area contributed by atoms with Gasteiger partial charge in [0.05, 0.1) is 24.0 Å². The van der Waals surface area contributed by atoms with E-state index < -0.39 is 5.91 Å². The number of anilines is 2. The number of carbonyl (C=O) groups excluding carboxylic acids is 2. The molecule has 160 valence electrons. The van der Waals surface area contributed by atoms with Gasteiger partial charge in [-0.05, 0) is 49.4 Å². The Morgan fingerprint density at radius 2 is 1.59 bits per heavy atom. The SMILES string of the molecule is COc1cccc(NC(=O)c2ccccc2NC(=O)c2cc(C)n(-c3ccccc3)n2)c1. The maximum Gasteiger partial charge on any atom is 0.276 e. The summed E-state index contributed by atoms with van der Waals surface area (Å²) in [6, 6.07) is 25.2. The molecule has 3 aromatic carbocycles. The lowest BCUT2D eigenvalue weighted by atomic mass is 10.1. The second-order valence-corrected chi connectivity index (χ2v) is 7.10. The van der Waals surface area contributed by atoms with E-state index in [1.807, 2.05) is 37.3 Å². The number of benzene rings is 3. The highest BCUT2D eigenvalue weighted by Crippen LogP contribution is 2.21. The van der Waals surface area contributed by atoms with Crippen molar-refractivity contribution in [3.05, 3.63) is 102 Å².